The van der Waals surface area contributed by atoms with Gasteiger partial charge in [-0.2, -0.15) is 4.72 Å². The van der Waals surface area contributed by atoms with Gasteiger partial charge in [-0.25, -0.2) is 13.2 Å². The Kier molecular flexibility index (Phi) is 8.15. The quantitative estimate of drug-likeness (QED) is 0.207. The molecule has 1 aromatic heterocycles. The number of esters is 1. The van der Waals surface area contributed by atoms with Crippen molar-refractivity contribution in [2.45, 2.75) is 24.1 Å². The topological polar surface area (TPSA) is 126 Å². The average molecular weight is 531 g/mol. The summed E-state index contributed by atoms with van der Waals surface area (Å²) in [5.74, 6) is -1.16. The van der Waals surface area contributed by atoms with Gasteiger partial charge in [0.05, 0.1) is 10.6 Å². The molecule has 4 rings (SSSR count). The molecular formula is C28H26N4O5S. The molecule has 3 N–H and O–H groups in total. The normalized spacial score (nSPS) is 12.7. The number of amides is 1. The van der Waals surface area contributed by atoms with E-state index in [0.29, 0.717) is 16.9 Å². The second kappa shape index (κ2) is 11.7. The Bertz CT molecular complexity index is 1480. The molecular weight excluding hydrogens is 504 g/mol. The monoisotopic (exact) mass is 530 g/mol. The number of aromatic nitrogens is 1. The molecule has 0 saturated carbocycles. The molecule has 0 spiro atoms. The summed E-state index contributed by atoms with van der Waals surface area (Å²) in [6, 6.07) is 26.6. The zero-order chi connectivity index (χ0) is 27.0. The first-order chi connectivity index (χ1) is 18.2. The lowest BCUT2D eigenvalue weighted by atomic mass is 10.2. The van der Waals surface area contributed by atoms with Crippen molar-refractivity contribution in [3.8, 4) is 0 Å². The number of carbonyl (C=O) groups excluding carboxylic acids is 2. The average Bonchev–Trinajstić information content (AvgIpc) is 2.93. The third-order valence-corrected chi connectivity index (χ3v) is 7.04. The molecule has 1 atom stereocenters. The molecule has 0 aliphatic rings. The van der Waals surface area contributed by atoms with Crippen LogP contribution in [0.3, 0.4) is 0 Å². The lowest BCUT2D eigenvalue weighted by Crippen LogP contribution is -2.58. The zero-order valence-corrected chi connectivity index (χ0v) is 21.3. The fraction of sp³-hybridized carbons (Fsp3) is 0.107. The number of hydrogen-bond acceptors (Lipinski definition) is 7. The highest BCUT2D eigenvalue weighted by atomic mass is 32.2. The molecule has 10 heteroatoms. The van der Waals surface area contributed by atoms with Crippen LogP contribution in [0.4, 0.5) is 11.4 Å². The van der Waals surface area contributed by atoms with Crippen molar-refractivity contribution in [2.24, 2.45) is 0 Å². The van der Waals surface area contributed by atoms with Crippen molar-refractivity contribution in [1.82, 2.24) is 9.71 Å². The van der Waals surface area contributed by atoms with E-state index in [1.54, 1.807) is 60.8 Å². The van der Waals surface area contributed by atoms with Crippen molar-refractivity contribution >= 4 is 33.3 Å². The molecule has 194 valence electrons. The van der Waals surface area contributed by atoms with Gasteiger partial charge in [-0.05, 0) is 61.0 Å². The maximum atomic E-state index is 13.3. The van der Waals surface area contributed by atoms with Crippen LogP contribution in [0.5, 0.6) is 0 Å². The highest BCUT2D eigenvalue weighted by molar-refractivity contribution is 7.89. The van der Waals surface area contributed by atoms with Crippen molar-refractivity contribution in [2.75, 3.05) is 10.6 Å². The molecule has 0 aliphatic heterocycles. The van der Waals surface area contributed by atoms with Crippen LogP contribution < -0.4 is 15.4 Å². The number of sulfonamides is 1. The smallest absolute Gasteiger partial charge is 0.348 e. The van der Waals surface area contributed by atoms with Crippen LogP contribution in [0, 0.1) is 0 Å². The van der Waals surface area contributed by atoms with Gasteiger partial charge in [-0.15, -0.1) is 0 Å². The van der Waals surface area contributed by atoms with E-state index < -0.39 is 21.7 Å². The van der Waals surface area contributed by atoms with Gasteiger partial charge < -0.3 is 15.4 Å². The zero-order valence-electron chi connectivity index (χ0n) is 20.5. The second-order valence-corrected chi connectivity index (χ2v) is 10.2. The molecule has 1 amide bonds. The molecule has 1 heterocycles. The van der Waals surface area contributed by atoms with E-state index in [0.717, 1.165) is 5.56 Å². The van der Waals surface area contributed by atoms with Crippen molar-refractivity contribution in [3.05, 3.63) is 121 Å². The number of pyridine rings is 1. The minimum Gasteiger partial charge on any atom is -0.458 e. The molecule has 0 unspecified atom stereocenters. The summed E-state index contributed by atoms with van der Waals surface area (Å²) in [4.78, 5) is 29.5. The number of nitrogens with zero attached hydrogens (tertiary/aromatic N) is 1. The minimum absolute atomic E-state index is 0.0402. The van der Waals surface area contributed by atoms with Crippen LogP contribution in [0.1, 0.15) is 22.8 Å². The van der Waals surface area contributed by atoms with Gasteiger partial charge in [-0.3, -0.25) is 9.78 Å². The number of anilines is 2. The Morgan fingerprint density at radius 3 is 2.13 bits per heavy atom. The summed E-state index contributed by atoms with van der Waals surface area (Å²) in [6.45, 7) is 1.33. The molecule has 3 aromatic carbocycles. The Hall–Kier alpha value is -4.54. The number of nitrogens with one attached hydrogen (secondary N) is 3. The Labute approximate surface area is 220 Å². The van der Waals surface area contributed by atoms with Crippen molar-refractivity contribution < 1.29 is 22.7 Å². The Morgan fingerprint density at radius 2 is 1.50 bits per heavy atom. The number of hydrogen-bond donors (Lipinski definition) is 3. The lowest BCUT2D eigenvalue weighted by molar-refractivity contribution is -0.150. The van der Waals surface area contributed by atoms with Gasteiger partial charge >= 0.3 is 5.97 Å². The van der Waals surface area contributed by atoms with Gasteiger partial charge in [0.15, 0.2) is 5.66 Å². The predicted octanol–water partition coefficient (Wildman–Crippen LogP) is 4.18. The highest BCUT2D eigenvalue weighted by Crippen LogP contribution is 2.20. The first-order valence-electron chi connectivity index (χ1n) is 11.6. The first-order valence-corrected chi connectivity index (χ1v) is 13.1. The van der Waals surface area contributed by atoms with Crippen LogP contribution in [0.25, 0.3) is 0 Å². The molecule has 0 fully saturated rings. The van der Waals surface area contributed by atoms with Gasteiger partial charge in [-0.1, -0.05) is 48.5 Å². The number of carbonyl (C=O) groups is 2. The van der Waals surface area contributed by atoms with E-state index in [-0.39, 0.29) is 17.4 Å². The maximum Gasteiger partial charge on any atom is 0.348 e. The molecule has 9 nitrogen and oxygen atoms in total. The van der Waals surface area contributed by atoms with Crippen LogP contribution >= 0.6 is 0 Å². The minimum atomic E-state index is -4.21. The molecule has 0 aliphatic carbocycles. The van der Waals surface area contributed by atoms with Crippen molar-refractivity contribution in [1.29, 1.82) is 0 Å². The molecule has 0 bridgehead atoms. The van der Waals surface area contributed by atoms with Crippen LogP contribution in [0.15, 0.2) is 114 Å². The number of rotatable bonds is 10. The fourth-order valence-corrected chi connectivity index (χ4v) is 4.83. The number of ether oxygens (including phenoxy) is 1. The van der Waals surface area contributed by atoms with E-state index in [9.17, 15) is 18.0 Å². The summed E-state index contributed by atoms with van der Waals surface area (Å²) < 4.78 is 34.5. The summed E-state index contributed by atoms with van der Waals surface area (Å²) in [5, 5.41) is 5.61. The van der Waals surface area contributed by atoms with Crippen LogP contribution in [0.2, 0.25) is 0 Å². The van der Waals surface area contributed by atoms with Crippen LogP contribution in [-0.4, -0.2) is 30.9 Å². The maximum absolute atomic E-state index is 13.3. The molecule has 4 aromatic rings. The Morgan fingerprint density at radius 1 is 0.842 bits per heavy atom. The van der Waals surface area contributed by atoms with Gasteiger partial charge in [0.2, 0.25) is 10.0 Å². The SMILES string of the molecule is C[C@](Nc1cccnc1)(NS(=O)(=O)c1ccc(NC(=O)c2ccccc2)cc1)C(=O)OCc1ccccc1. The van der Waals surface area contributed by atoms with E-state index in [4.69, 9.17) is 4.74 Å². The third kappa shape index (κ3) is 6.81. The van der Waals surface area contributed by atoms with E-state index in [1.807, 2.05) is 18.2 Å². The number of benzene rings is 3. The summed E-state index contributed by atoms with van der Waals surface area (Å²) in [5.41, 5.74) is 0.180. The molecule has 0 radical (unpaired) electrons. The first kappa shape index (κ1) is 26.5. The second-order valence-electron chi connectivity index (χ2n) is 8.50. The standard InChI is InChI=1S/C28H26N4O5S/c1-28(31-24-13-8-18-29-19-24,27(34)37-20-21-9-4-2-5-10-21)32-38(35,36)25-16-14-23(15-17-25)30-26(33)22-11-6-3-7-12-22/h2-19,31-32H,20H2,1H3,(H,30,33)/t28-/m0/s1. The summed E-state index contributed by atoms with van der Waals surface area (Å²) in [6.07, 6.45) is 3.01. The molecule has 0 saturated heterocycles. The third-order valence-electron chi connectivity index (χ3n) is 5.47. The van der Waals surface area contributed by atoms with Crippen LogP contribution in [-0.2, 0) is 26.2 Å². The molecule has 38 heavy (non-hydrogen) atoms. The van der Waals surface area contributed by atoms with E-state index in [2.05, 4.69) is 20.3 Å². The van der Waals surface area contributed by atoms with Crippen molar-refractivity contribution in [3.63, 3.8) is 0 Å². The predicted molar refractivity (Wildman–Crippen MR) is 144 cm³/mol. The summed E-state index contributed by atoms with van der Waals surface area (Å²) in [7, 11) is -4.21. The van der Waals surface area contributed by atoms with Gasteiger partial charge in [0.1, 0.15) is 6.61 Å². The van der Waals surface area contributed by atoms with E-state index in [1.165, 1.54) is 37.4 Å². The van der Waals surface area contributed by atoms with E-state index >= 15 is 0 Å². The summed E-state index contributed by atoms with van der Waals surface area (Å²) >= 11 is 0. The lowest BCUT2D eigenvalue weighted by Gasteiger charge is -2.30. The van der Waals surface area contributed by atoms with Gasteiger partial charge in [0.25, 0.3) is 5.91 Å². The highest BCUT2D eigenvalue weighted by Gasteiger charge is 2.40. The van der Waals surface area contributed by atoms with Gasteiger partial charge in [0, 0.05) is 23.6 Å². The fourth-order valence-electron chi connectivity index (χ4n) is 3.55. The Balaban J connectivity index is 1.52. The largest absolute Gasteiger partial charge is 0.458 e.